The van der Waals surface area contributed by atoms with Gasteiger partial charge in [-0.2, -0.15) is 0 Å². The molecule has 0 aliphatic carbocycles. The van der Waals surface area contributed by atoms with E-state index in [1.165, 1.54) is 51.4 Å². The van der Waals surface area contributed by atoms with Gasteiger partial charge in [-0.1, -0.05) is 262 Å². The minimum Gasteiger partial charge on any atom is -0.462 e. The third kappa shape index (κ3) is 63.7. The van der Waals surface area contributed by atoms with Crippen molar-refractivity contribution in [3.63, 3.8) is 0 Å². The Bertz CT molecular complexity index is 1780. The Hall–Kier alpha value is -4.97. The molecule has 0 N–H and O–H groups in total. The molecule has 0 aromatic heterocycles. The summed E-state index contributed by atoms with van der Waals surface area (Å²) in [4.78, 5) is 38.2. The molecule has 0 aliphatic rings. The van der Waals surface area contributed by atoms with Gasteiger partial charge in [-0.3, -0.25) is 14.4 Å². The molecule has 0 saturated heterocycles. The fourth-order valence-corrected chi connectivity index (χ4v) is 8.27. The van der Waals surface area contributed by atoms with Gasteiger partial charge in [0.15, 0.2) is 6.10 Å². The maximum Gasteiger partial charge on any atom is 0.306 e. The molecule has 0 radical (unpaired) electrons. The second-order valence-electron chi connectivity index (χ2n) is 20.5. The fourth-order valence-electron chi connectivity index (χ4n) is 8.27. The second kappa shape index (κ2) is 65.5. The van der Waals surface area contributed by atoms with E-state index in [1.807, 2.05) is 0 Å². The Kier molecular flexibility index (Phi) is 61.4. The molecule has 0 heterocycles. The molecule has 0 rings (SSSR count). The maximum absolute atomic E-state index is 12.8. The molecular weight excluding hydrogens is 973 g/mol. The van der Waals surface area contributed by atoms with Crippen LogP contribution < -0.4 is 0 Å². The summed E-state index contributed by atoms with van der Waals surface area (Å²) in [5, 5.41) is 0. The summed E-state index contributed by atoms with van der Waals surface area (Å²) < 4.78 is 16.8. The van der Waals surface area contributed by atoms with Crippen molar-refractivity contribution < 1.29 is 28.6 Å². The number of rotatable bonds is 56. The predicted octanol–water partition coefficient (Wildman–Crippen LogP) is 22.1. The molecule has 0 saturated carbocycles. The molecular formula is C73H116O6. The Morgan fingerprint density at radius 1 is 0.266 bits per heavy atom. The summed E-state index contributed by atoms with van der Waals surface area (Å²) in [7, 11) is 0. The number of hydrogen-bond acceptors (Lipinski definition) is 6. The molecule has 1 unspecified atom stereocenters. The number of carbonyl (C=O) groups excluding carboxylic acids is 3. The van der Waals surface area contributed by atoms with Crippen molar-refractivity contribution in [3.8, 4) is 0 Å². The molecule has 444 valence electrons. The van der Waals surface area contributed by atoms with Gasteiger partial charge in [0.05, 0.1) is 0 Å². The lowest BCUT2D eigenvalue weighted by atomic mass is 10.1. The van der Waals surface area contributed by atoms with Gasteiger partial charge in [0.25, 0.3) is 0 Å². The van der Waals surface area contributed by atoms with Gasteiger partial charge in [0.2, 0.25) is 0 Å². The number of ether oxygens (including phenoxy) is 3. The van der Waals surface area contributed by atoms with Gasteiger partial charge in [-0.15, -0.1) is 0 Å². The molecule has 0 amide bonds. The third-order valence-corrected chi connectivity index (χ3v) is 13.0. The Morgan fingerprint density at radius 3 is 0.785 bits per heavy atom. The molecule has 0 fully saturated rings. The molecule has 79 heavy (non-hydrogen) atoms. The van der Waals surface area contributed by atoms with Crippen LogP contribution in [0.4, 0.5) is 0 Å². The quantitative estimate of drug-likeness (QED) is 0.0261. The zero-order valence-electron chi connectivity index (χ0n) is 50.8. The molecule has 0 aromatic carbocycles. The van der Waals surface area contributed by atoms with Crippen LogP contribution in [0.15, 0.2) is 158 Å². The minimum absolute atomic E-state index is 0.102. The molecule has 0 spiro atoms. The van der Waals surface area contributed by atoms with Crippen molar-refractivity contribution in [1.29, 1.82) is 0 Å². The summed E-state index contributed by atoms with van der Waals surface area (Å²) in [5.41, 5.74) is 0. The number of esters is 3. The van der Waals surface area contributed by atoms with Crippen LogP contribution in [0.5, 0.6) is 0 Å². The normalized spacial score (nSPS) is 13.2. The van der Waals surface area contributed by atoms with Crippen molar-refractivity contribution >= 4 is 17.9 Å². The fraction of sp³-hybridized carbons (Fsp3) is 0.603. The predicted molar refractivity (Wildman–Crippen MR) is 343 cm³/mol. The van der Waals surface area contributed by atoms with Gasteiger partial charge in [0, 0.05) is 19.3 Å². The standard InChI is InChI=1S/C73H116O6/c1-4-7-10-13-16-19-22-25-26-27-28-29-30-31-32-33-34-35-36-37-38-39-40-41-42-43-44-45-46-49-51-54-57-60-63-66-72(75)78-69-70(79-73(76)67-64-61-58-55-52-48-24-21-18-15-12-9-6-3)68-77-71(74)65-62-59-56-53-50-47-23-20-17-14-11-8-5-2/h7,9-12,14,16,18-21,23,25-26,28-29,31-32,34-35,37-38,40-41,48,52,70H,4-6,8,13,15,17,22,24,27,30,33,36,39,42-47,49-51,53-69H2,1-3H3/b10-7-,12-9-,14-11-,19-16-,21-18-,23-20-,26-25-,29-28-,32-31-,35-34-,38-37-,41-40-,52-48-. The minimum atomic E-state index is -0.807. The first-order valence-corrected chi connectivity index (χ1v) is 32.0. The van der Waals surface area contributed by atoms with Crippen LogP contribution in [0.25, 0.3) is 0 Å². The van der Waals surface area contributed by atoms with Crippen LogP contribution in [-0.4, -0.2) is 37.2 Å². The molecule has 6 heteroatoms. The Balaban J connectivity index is 4.23. The first-order chi connectivity index (χ1) is 39.0. The van der Waals surface area contributed by atoms with Crippen molar-refractivity contribution in [2.75, 3.05) is 13.2 Å². The van der Waals surface area contributed by atoms with Gasteiger partial charge >= 0.3 is 17.9 Å². The number of hydrogen-bond donors (Lipinski definition) is 0. The van der Waals surface area contributed by atoms with E-state index in [1.54, 1.807) is 0 Å². The first kappa shape index (κ1) is 74.0. The molecule has 0 bridgehead atoms. The van der Waals surface area contributed by atoms with E-state index >= 15 is 0 Å². The van der Waals surface area contributed by atoms with E-state index in [9.17, 15) is 14.4 Å². The van der Waals surface area contributed by atoms with E-state index in [2.05, 4.69) is 179 Å². The maximum atomic E-state index is 12.8. The summed E-state index contributed by atoms with van der Waals surface area (Å²) in [6.45, 7) is 6.30. The van der Waals surface area contributed by atoms with E-state index in [4.69, 9.17) is 14.2 Å². The Labute approximate surface area is 486 Å². The largest absolute Gasteiger partial charge is 0.462 e. The van der Waals surface area contributed by atoms with E-state index < -0.39 is 6.10 Å². The average molecular weight is 1090 g/mol. The van der Waals surface area contributed by atoms with E-state index in [-0.39, 0.29) is 37.5 Å². The van der Waals surface area contributed by atoms with Gasteiger partial charge < -0.3 is 14.2 Å². The molecule has 0 aliphatic heterocycles. The third-order valence-electron chi connectivity index (χ3n) is 13.0. The highest BCUT2D eigenvalue weighted by Crippen LogP contribution is 2.15. The van der Waals surface area contributed by atoms with Crippen molar-refractivity contribution in [1.82, 2.24) is 0 Å². The topological polar surface area (TPSA) is 78.9 Å². The zero-order chi connectivity index (χ0) is 57.1. The van der Waals surface area contributed by atoms with Gasteiger partial charge in [0.1, 0.15) is 13.2 Å². The number of carbonyl (C=O) groups is 3. The highest BCUT2D eigenvalue weighted by Gasteiger charge is 2.19. The van der Waals surface area contributed by atoms with Gasteiger partial charge in [-0.05, 0) is 141 Å². The molecule has 0 aromatic rings. The van der Waals surface area contributed by atoms with E-state index in [0.717, 1.165) is 173 Å². The van der Waals surface area contributed by atoms with Crippen LogP contribution in [-0.2, 0) is 28.6 Å². The lowest BCUT2D eigenvalue weighted by Crippen LogP contribution is -2.30. The van der Waals surface area contributed by atoms with Crippen LogP contribution >= 0.6 is 0 Å². The first-order valence-electron chi connectivity index (χ1n) is 32.0. The highest BCUT2D eigenvalue weighted by molar-refractivity contribution is 5.71. The van der Waals surface area contributed by atoms with Crippen molar-refractivity contribution in [2.45, 2.75) is 271 Å². The monoisotopic (exact) mass is 1090 g/mol. The highest BCUT2D eigenvalue weighted by atomic mass is 16.6. The average Bonchev–Trinajstić information content (AvgIpc) is 3.45. The Morgan fingerprint density at radius 2 is 0.494 bits per heavy atom. The SMILES string of the molecule is CC/C=C\C/C=C\C/C=C\C/C=C\C/C=C\C/C=C\C/C=C\C/C=C\CCCCCCCCCCCCC(=O)OCC(COC(=O)CCCCCCC/C=C\C/C=C\CCC)OC(=O)CCCCC/C=C\C/C=C\C/C=C\CC. The number of unbranched alkanes of at least 4 members (excludes halogenated alkanes) is 19. The van der Waals surface area contributed by atoms with Crippen molar-refractivity contribution in [2.24, 2.45) is 0 Å². The summed E-state index contributed by atoms with van der Waals surface area (Å²) in [5.74, 6) is -0.954. The van der Waals surface area contributed by atoms with Crippen molar-refractivity contribution in [3.05, 3.63) is 158 Å². The molecule has 1 atom stereocenters. The van der Waals surface area contributed by atoms with Crippen LogP contribution in [0.3, 0.4) is 0 Å². The lowest BCUT2D eigenvalue weighted by Gasteiger charge is -2.18. The second-order valence-corrected chi connectivity index (χ2v) is 20.5. The zero-order valence-corrected chi connectivity index (χ0v) is 50.8. The summed E-state index contributed by atoms with van der Waals surface area (Å²) >= 11 is 0. The summed E-state index contributed by atoms with van der Waals surface area (Å²) in [6, 6.07) is 0. The number of allylic oxidation sites excluding steroid dienone is 26. The van der Waals surface area contributed by atoms with Crippen LogP contribution in [0, 0.1) is 0 Å². The lowest BCUT2D eigenvalue weighted by molar-refractivity contribution is -0.167. The van der Waals surface area contributed by atoms with E-state index in [0.29, 0.717) is 12.8 Å². The smallest absolute Gasteiger partial charge is 0.306 e. The summed E-state index contributed by atoms with van der Waals surface area (Å²) in [6.07, 6.45) is 95.5. The van der Waals surface area contributed by atoms with Crippen LogP contribution in [0.1, 0.15) is 265 Å². The van der Waals surface area contributed by atoms with Gasteiger partial charge in [-0.25, -0.2) is 0 Å². The molecule has 6 nitrogen and oxygen atoms in total. The van der Waals surface area contributed by atoms with Crippen LogP contribution in [0.2, 0.25) is 0 Å².